The van der Waals surface area contributed by atoms with E-state index in [0.29, 0.717) is 17.2 Å². The second-order valence-electron chi connectivity index (χ2n) is 2.69. The van der Waals surface area contributed by atoms with Gasteiger partial charge >= 0.3 is 6.09 Å². The largest absolute Gasteiger partial charge is 0.493 e. The molecule has 0 heterocycles. The Kier molecular flexibility index (Phi) is 3.79. The Morgan fingerprint density at radius 3 is 2.33 bits per heavy atom. The number of methoxy groups -OCH3 is 3. The van der Waals surface area contributed by atoms with Crippen molar-refractivity contribution in [1.29, 1.82) is 0 Å². The van der Waals surface area contributed by atoms with Crippen LogP contribution < -0.4 is 14.8 Å². The van der Waals surface area contributed by atoms with Crippen molar-refractivity contribution >= 4 is 11.8 Å². The quantitative estimate of drug-likeness (QED) is 0.829. The van der Waals surface area contributed by atoms with Crippen molar-refractivity contribution in [2.24, 2.45) is 0 Å². The van der Waals surface area contributed by atoms with E-state index in [9.17, 15) is 4.79 Å². The molecular weight excluding hydrogens is 198 g/mol. The molecule has 0 saturated carbocycles. The summed E-state index contributed by atoms with van der Waals surface area (Å²) in [5.74, 6) is 1.15. The third kappa shape index (κ3) is 2.77. The highest BCUT2D eigenvalue weighted by molar-refractivity contribution is 5.85. The molecule has 1 N–H and O–H groups in total. The molecule has 0 saturated heterocycles. The molecule has 1 aromatic rings. The van der Waals surface area contributed by atoms with Gasteiger partial charge in [0.15, 0.2) is 11.5 Å². The van der Waals surface area contributed by atoms with E-state index < -0.39 is 6.09 Å². The van der Waals surface area contributed by atoms with Gasteiger partial charge in [0.25, 0.3) is 0 Å². The van der Waals surface area contributed by atoms with Gasteiger partial charge in [0.1, 0.15) is 0 Å². The van der Waals surface area contributed by atoms with E-state index in [1.807, 2.05) is 0 Å². The maximum atomic E-state index is 10.9. The van der Waals surface area contributed by atoms with Gasteiger partial charge in [-0.3, -0.25) is 5.32 Å². The lowest BCUT2D eigenvalue weighted by Gasteiger charge is -2.09. The van der Waals surface area contributed by atoms with E-state index >= 15 is 0 Å². The van der Waals surface area contributed by atoms with E-state index in [1.54, 1.807) is 25.3 Å². The van der Waals surface area contributed by atoms with Crippen LogP contribution >= 0.6 is 0 Å². The van der Waals surface area contributed by atoms with Gasteiger partial charge in [-0.15, -0.1) is 0 Å². The highest BCUT2D eigenvalue weighted by atomic mass is 16.5. The fourth-order valence-electron chi connectivity index (χ4n) is 1.08. The standard InChI is InChI=1S/C10H13NO4/c1-13-8-5-4-7(6-9(8)14-2)11-10(12)15-3/h4-6H,1-3H3,(H,11,12). The Morgan fingerprint density at radius 1 is 1.13 bits per heavy atom. The lowest BCUT2D eigenvalue weighted by molar-refractivity contribution is 0.187. The minimum absolute atomic E-state index is 0.526. The van der Waals surface area contributed by atoms with E-state index in [4.69, 9.17) is 9.47 Å². The predicted octanol–water partition coefficient (Wildman–Crippen LogP) is 1.88. The molecule has 1 amide bonds. The van der Waals surface area contributed by atoms with Crippen molar-refractivity contribution in [3.05, 3.63) is 18.2 Å². The lowest BCUT2D eigenvalue weighted by Crippen LogP contribution is -2.10. The highest BCUT2D eigenvalue weighted by Gasteiger charge is 2.06. The first-order valence-electron chi connectivity index (χ1n) is 4.28. The number of nitrogens with one attached hydrogen (secondary N) is 1. The summed E-state index contributed by atoms with van der Waals surface area (Å²) in [5.41, 5.74) is 0.583. The number of rotatable bonds is 3. The molecule has 5 heteroatoms. The van der Waals surface area contributed by atoms with Crippen LogP contribution in [0.1, 0.15) is 0 Å². The van der Waals surface area contributed by atoms with Crippen LogP contribution in [0.15, 0.2) is 18.2 Å². The number of carbonyl (C=O) groups is 1. The second kappa shape index (κ2) is 5.09. The zero-order valence-electron chi connectivity index (χ0n) is 8.87. The molecule has 0 aliphatic carbocycles. The fourth-order valence-corrected chi connectivity index (χ4v) is 1.08. The second-order valence-corrected chi connectivity index (χ2v) is 2.69. The Hall–Kier alpha value is -1.91. The van der Waals surface area contributed by atoms with Crippen molar-refractivity contribution in [1.82, 2.24) is 0 Å². The van der Waals surface area contributed by atoms with Crippen LogP contribution in [0.3, 0.4) is 0 Å². The lowest BCUT2D eigenvalue weighted by atomic mass is 10.3. The van der Waals surface area contributed by atoms with Crippen molar-refractivity contribution in [3.63, 3.8) is 0 Å². The zero-order valence-corrected chi connectivity index (χ0v) is 8.87. The van der Waals surface area contributed by atoms with Crippen LogP contribution in [0.5, 0.6) is 11.5 Å². The number of anilines is 1. The molecule has 0 atom stereocenters. The van der Waals surface area contributed by atoms with Crippen molar-refractivity contribution in [3.8, 4) is 11.5 Å². The molecule has 1 aromatic carbocycles. The number of hydrogen-bond donors (Lipinski definition) is 1. The summed E-state index contributed by atoms with van der Waals surface area (Å²) in [7, 11) is 4.38. The Bertz CT molecular complexity index is 351. The molecule has 1 rings (SSSR count). The number of amides is 1. The topological polar surface area (TPSA) is 56.8 Å². The van der Waals surface area contributed by atoms with E-state index in [-0.39, 0.29) is 0 Å². The molecule has 15 heavy (non-hydrogen) atoms. The van der Waals surface area contributed by atoms with Crippen LogP contribution in [-0.2, 0) is 4.74 Å². The van der Waals surface area contributed by atoms with Gasteiger partial charge in [-0.2, -0.15) is 0 Å². The van der Waals surface area contributed by atoms with Crippen LogP contribution in [0.4, 0.5) is 10.5 Å². The number of ether oxygens (including phenoxy) is 3. The third-order valence-corrected chi connectivity index (χ3v) is 1.82. The van der Waals surface area contributed by atoms with E-state index in [0.717, 1.165) is 0 Å². The monoisotopic (exact) mass is 211 g/mol. The molecule has 5 nitrogen and oxygen atoms in total. The van der Waals surface area contributed by atoms with E-state index in [2.05, 4.69) is 10.1 Å². The summed E-state index contributed by atoms with van der Waals surface area (Å²) in [6.45, 7) is 0. The van der Waals surface area contributed by atoms with Crippen LogP contribution in [0.2, 0.25) is 0 Å². The van der Waals surface area contributed by atoms with Crippen LogP contribution in [0, 0.1) is 0 Å². The van der Waals surface area contributed by atoms with Crippen molar-refractivity contribution < 1.29 is 19.0 Å². The molecule has 0 aliphatic heterocycles. The summed E-state index contributed by atoms with van der Waals surface area (Å²) in [5, 5.41) is 2.52. The first kappa shape index (κ1) is 11.2. The molecule has 0 bridgehead atoms. The Balaban J connectivity index is 2.88. The zero-order chi connectivity index (χ0) is 11.3. The van der Waals surface area contributed by atoms with Gasteiger partial charge in [0.2, 0.25) is 0 Å². The molecule has 0 aliphatic rings. The molecule has 0 aromatic heterocycles. The summed E-state index contributed by atoms with van der Waals surface area (Å²) >= 11 is 0. The van der Waals surface area contributed by atoms with Crippen LogP contribution in [0.25, 0.3) is 0 Å². The maximum Gasteiger partial charge on any atom is 0.411 e. The first-order valence-corrected chi connectivity index (χ1v) is 4.28. The molecule has 0 unspecified atom stereocenters. The molecule has 0 radical (unpaired) electrons. The number of hydrogen-bond acceptors (Lipinski definition) is 4. The van der Waals surface area contributed by atoms with Gasteiger partial charge in [-0.25, -0.2) is 4.79 Å². The molecule has 82 valence electrons. The van der Waals surface area contributed by atoms with Gasteiger partial charge in [-0.05, 0) is 12.1 Å². The number of carbonyl (C=O) groups excluding carboxylic acids is 1. The fraction of sp³-hybridized carbons (Fsp3) is 0.300. The Labute approximate surface area is 87.9 Å². The van der Waals surface area contributed by atoms with Gasteiger partial charge in [0.05, 0.1) is 21.3 Å². The van der Waals surface area contributed by atoms with Gasteiger partial charge in [0, 0.05) is 11.8 Å². The average Bonchev–Trinajstić information content (AvgIpc) is 2.28. The minimum Gasteiger partial charge on any atom is -0.493 e. The maximum absolute atomic E-state index is 10.9. The van der Waals surface area contributed by atoms with Gasteiger partial charge in [-0.1, -0.05) is 0 Å². The predicted molar refractivity (Wildman–Crippen MR) is 55.6 cm³/mol. The van der Waals surface area contributed by atoms with Crippen LogP contribution in [-0.4, -0.2) is 27.4 Å². The highest BCUT2D eigenvalue weighted by Crippen LogP contribution is 2.29. The SMILES string of the molecule is COC(=O)Nc1ccc(OC)c(OC)c1. The summed E-state index contributed by atoms with van der Waals surface area (Å²) in [6.07, 6.45) is -0.526. The average molecular weight is 211 g/mol. The third-order valence-electron chi connectivity index (χ3n) is 1.82. The van der Waals surface area contributed by atoms with Crippen molar-refractivity contribution in [2.45, 2.75) is 0 Å². The normalized spacial score (nSPS) is 9.27. The molecular formula is C10H13NO4. The summed E-state index contributed by atoms with van der Waals surface area (Å²) in [4.78, 5) is 10.9. The molecule has 0 spiro atoms. The number of benzene rings is 1. The van der Waals surface area contributed by atoms with Crippen molar-refractivity contribution in [2.75, 3.05) is 26.6 Å². The first-order chi connectivity index (χ1) is 7.21. The smallest absolute Gasteiger partial charge is 0.411 e. The van der Waals surface area contributed by atoms with Gasteiger partial charge < -0.3 is 14.2 Å². The minimum atomic E-state index is -0.526. The summed E-state index contributed by atoms with van der Waals surface area (Å²) in [6, 6.07) is 5.04. The molecule has 0 fully saturated rings. The summed E-state index contributed by atoms with van der Waals surface area (Å²) < 4.78 is 14.6. The van der Waals surface area contributed by atoms with E-state index in [1.165, 1.54) is 14.2 Å². The Morgan fingerprint density at radius 2 is 1.80 bits per heavy atom.